The van der Waals surface area contributed by atoms with E-state index < -0.39 is 5.56 Å². The molecule has 0 saturated carbocycles. The number of hydrogen-bond donors (Lipinski definition) is 1. The number of carbonyl (C=O) groups is 1. The fourth-order valence-electron chi connectivity index (χ4n) is 3.45. The Morgan fingerprint density at radius 2 is 1.90 bits per heavy atom. The van der Waals surface area contributed by atoms with E-state index in [9.17, 15) is 9.59 Å². The molecule has 1 saturated heterocycles. The number of rotatable bonds is 5. The predicted molar refractivity (Wildman–Crippen MR) is 112 cm³/mol. The fourth-order valence-corrected chi connectivity index (χ4v) is 3.45. The fraction of sp³-hybridized carbons (Fsp3) is 0.286. The summed E-state index contributed by atoms with van der Waals surface area (Å²) in [6, 6.07) is 12.7. The molecule has 1 amide bonds. The van der Waals surface area contributed by atoms with Gasteiger partial charge in [0.25, 0.3) is 5.56 Å². The van der Waals surface area contributed by atoms with Crippen LogP contribution in [0.15, 0.2) is 57.9 Å². The topological polar surface area (TPSA) is 107 Å². The minimum Gasteiger partial charge on any atom is -0.497 e. The average Bonchev–Trinajstić information content (AvgIpc) is 3.32. The lowest BCUT2D eigenvalue weighted by molar-refractivity contribution is -0.132. The molecule has 9 heteroatoms. The number of nitrogens with zero attached hydrogens (tertiary/aromatic N) is 4. The highest BCUT2D eigenvalue weighted by Gasteiger charge is 2.23. The Morgan fingerprint density at radius 1 is 1.17 bits per heavy atom. The number of ether oxygens (including phenoxy) is 1. The molecule has 1 fully saturated rings. The molecule has 3 aromatic rings. The third-order valence-electron chi connectivity index (χ3n) is 5.13. The second-order valence-corrected chi connectivity index (χ2v) is 6.99. The Bertz CT molecular complexity index is 1070. The quantitative estimate of drug-likeness (QED) is 0.679. The molecule has 0 bridgehead atoms. The summed E-state index contributed by atoms with van der Waals surface area (Å²) in [5, 5.41) is 4.25. The number of hydrogen-bond acceptors (Lipinski definition) is 7. The number of nitrogen functional groups attached to an aromatic ring is 1. The summed E-state index contributed by atoms with van der Waals surface area (Å²) in [6.45, 7) is 2.37. The van der Waals surface area contributed by atoms with Crippen LogP contribution in [0.3, 0.4) is 0 Å². The summed E-state index contributed by atoms with van der Waals surface area (Å²) < 4.78 is 11.6. The van der Waals surface area contributed by atoms with Crippen molar-refractivity contribution in [2.75, 3.05) is 43.9 Å². The van der Waals surface area contributed by atoms with Gasteiger partial charge >= 0.3 is 0 Å². The van der Waals surface area contributed by atoms with Gasteiger partial charge in [-0.05, 0) is 42.5 Å². The van der Waals surface area contributed by atoms with Crippen LogP contribution in [0.1, 0.15) is 0 Å². The largest absolute Gasteiger partial charge is 0.497 e. The zero-order chi connectivity index (χ0) is 21.1. The van der Waals surface area contributed by atoms with E-state index in [0.717, 1.165) is 16.1 Å². The van der Waals surface area contributed by atoms with Crippen LogP contribution in [-0.2, 0) is 11.3 Å². The first-order valence-corrected chi connectivity index (χ1v) is 9.63. The molecule has 2 aromatic heterocycles. The van der Waals surface area contributed by atoms with Crippen LogP contribution >= 0.6 is 0 Å². The smallest absolute Gasteiger partial charge is 0.290 e. The first-order chi connectivity index (χ1) is 14.5. The number of piperazine rings is 1. The van der Waals surface area contributed by atoms with Gasteiger partial charge < -0.3 is 24.7 Å². The highest BCUT2D eigenvalue weighted by Crippen LogP contribution is 2.21. The molecule has 0 spiro atoms. The van der Waals surface area contributed by atoms with E-state index in [4.69, 9.17) is 14.9 Å². The van der Waals surface area contributed by atoms with E-state index in [1.165, 1.54) is 12.3 Å². The van der Waals surface area contributed by atoms with Crippen molar-refractivity contribution in [1.29, 1.82) is 0 Å². The summed E-state index contributed by atoms with van der Waals surface area (Å²) in [5.41, 5.74) is 6.86. The first-order valence-electron chi connectivity index (χ1n) is 9.63. The summed E-state index contributed by atoms with van der Waals surface area (Å²) in [4.78, 5) is 29.1. The van der Waals surface area contributed by atoms with Crippen LogP contribution in [0.2, 0.25) is 0 Å². The van der Waals surface area contributed by atoms with Crippen molar-refractivity contribution < 1.29 is 13.9 Å². The molecule has 0 radical (unpaired) electrons. The maximum Gasteiger partial charge on any atom is 0.290 e. The highest BCUT2D eigenvalue weighted by atomic mass is 16.5. The minimum atomic E-state index is -0.490. The lowest BCUT2D eigenvalue weighted by atomic mass is 10.2. The van der Waals surface area contributed by atoms with E-state index in [1.54, 1.807) is 24.1 Å². The first kappa shape index (κ1) is 19.6. The third-order valence-corrected chi connectivity index (χ3v) is 5.13. The van der Waals surface area contributed by atoms with E-state index in [-0.39, 0.29) is 18.1 Å². The summed E-state index contributed by atoms with van der Waals surface area (Å²) >= 11 is 0. The molecular formula is C21H23N5O4. The van der Waals surface area contributed by atoms with E-state index in [2.05, 4.69) is 10.00 Å². The summed E-state index contributed by atoms with van der Waals surface area (Å²) in [6.07, 6.45) is 1.51. The number of methoxy groups -OCH3 is 1. The number of furan rings is 1. The van der Waals surface area contributed by atoms with Crippen molar-refractivity contribution in [2.24, 2.45) is 0 Å². The number of benzene rings is 1. The number of carbonyl (C=O) groups excluding carboxylic acids is 1. The summed E-state index contributed by atoms with van der Waals surface area (Å²) in [5.74, 6) is 1.12. The van der Waals surface area contributed by atoms with E-state index in [1.807, 2.05) is 24.3 Å². The molecule has 156 valence electrons. The van der Waals surface area contributed by atoms with Crippen molar-refractivity contribution >= 4 is 17.3 Å². The molecule has 30 heavy (non-hydrogen) atoms. The third kappa shape index (κ3) is 4.00. The van der Waals surface area contributed by atoms with Gasteiger partial charge in [0.05, 0.1) is 13.4 Å². The van der Waals surface area contributed by atoms with Crippen LogP contribution in [0, 0.1) is 0 Å². The molecule has 1 aromatic carbocycles. The number of anilines is 2. The maximum absolute atomic E-state index is 12.8. The van der Waals surface area contributed by atoms with Crippen LogP contribution in [-0.4, -0.2) is 53.9 Å². The van der Waals surface area contributed by atoms with Gasteiger partial charge in [-0.2, -0.15) is 5.10 Å². The average molecular weight is 409 g/mol. The van der Waals surface area contributed by atoms with Gasteiger partial charge in [0.1, 0.15) is 23.7 Å². The van der Waals surface area contributed by atoms with Crippen molar-refractivity contribution in [3.8, 4) is 17.2 Å². The highest BCUT2D eigenvalue weighted by molar-refractivity contribution is 5.76. The van der Waals surface area contributed by atoms with Crippen molar-refractivity contribution in [3.63, 3.8) is 0 Å². The molecule has 1 aliphatic heterocycles. The van der Waals surface area contributed by atoms with Gasteiger partial charge in [-0.15, -0.1) is 0 Å². The lowest BCUT2D eigenvalue weighted by Crippen LogP contribution is -2.50. The van der Waals surface area contributed by atoms with Gasteiger partial charge in [-0.3, -0.25) is 9.59 Å². The zero-order valence-electron chi connectivity index (χ0n) is 16.7. The lowest BCUT2D eigenvalue weighted by Gasteiger charge is -2.36. The monoisotopic (exact) mass is 409 g/mol. The number of nitrogens with two attached hydrogens (primary N) is 1. The molecule has 0 aliphatic carbocycles. The van der Waals surface area contributed by atoms with Crippen LogP contribution in [0.4, 0.5) is 11.4 Å². The van der Waals surface area contributed by atoms with Crippen LogP contribution in [0.25, 0.3) is 11.5 Å². The predicted octanol–water partition coefficient (Wildman–Crippen LogP) is 1.44. The van der Waals surface area contributed by atoms with Gasteiger partial charge in [-0.25, -0.2) is 4.68 Å². The standard InChI is InChI=1S/C21H23N5O4/c1-29-16-6-4-15(5-7-16)24-8-10-25(11-9-24)20(27)14-26-21(28)17(22)13-18(23-26)19-3-2-12-30-19/h2-7,12-13H,8-11,14,22H2,1H3. The molecule has 2 N–H and O–H groups in total. The maximum atomic E-state index is 12.8. The number of aromatic nitrogens is 2. The Morgan fingerprint density at radius 3 is 2.53 bits per heavy atom. The molecule has 0 unspecified atom stereocenters. The molecule has 4 rings (SSSR count). The molecule has 3 heterocycles. The normalized spacial score (nSPS) is 14.0. The van der Waals surface area contributed by atoms with Gasteiger partial charge in [0.2, 0.25) is 5.91 Å². The second kappa shape index (κ2) is 8.32. The van der Waals surface area contributed by atoms with Crippen LogP contribution in [0.5, 0.6) is 5.75 Å². The van der Waals surface area contributed by atoms with E-state index >= 15 is 0 Å². The minimum absolute atomic E-state index is 0.0218. The van der Waals surface area contributed by atoms with Crippen LogP contribution < -0.4 is 20.9 Å². The Kier molecular flexibility index (Phi) is 5.42. The van der Waals surface area contributed by atoms with Crippen molar-refractivity contribution in [3.05, 3.63) is 59.1 Å². The molecule has 0 atom stereocenters. The summed E-state index contributed by atoms with van der Waals surface area (Å²) in [7, 11) is 1.64. The van der Waals surface area contributed by atoms with Gasteiger partial charge in [0, 0.05) is 31.9 Å². The molecule has 1 aliphatic rings. The van der Waals surface area contributed by atoms with E-state index in [0.29, 0.717) is 37.6 Å². The van der Waals surface area contributed by atoms with Crippen molar-refractivity contribution in [1.82, 2.24) is 14.7 Å². The number of amides is 1. The molecule has 9 nitrogen and oxygen atoms in total. The van der Waals surface area contributed by atoms with Gasteiger partial charge in [0.15, 0.2) is 5.76 Å². The zero-order valence-corrected chi connectivity index (χ0v) is 16.7. The van der Waals surface area contributed by atoms with Gasteiger partial charge in [-0.1, -0.05) is 0 Å². The second-order valence-electron chi connectivity index (χ2n) is 6.99. The Hall–Kier alpha value is -3.75. The SMILES string of the molecule is COc1ccc(N2CCN(C(=O)Cn3nc(-c4ccco4)cc(N)c3=O)CC2)cc1. The molecular weight excluding hydrogens is 386 g/mol. The Labute approximate surface area is 173 Å². The Balaban J connectivity index is 1.42. The van der Waals surface area contributed by atoms with Crippen molar-refractivity contribution in [2.45, 2.75) is 6.54 Å².